The Bertz CT molecular complexity index is 1300. The molecule has 2 aliphatic carbocycles. The molecule has 1 aliphatic heterocycles. The smallest absolute Gasteiger partial charge is 0.161 e. The number of ketones is 2. The van der Waals surface area contributed by atoms with Gasteiger partial charge in [0.15, 0.2) is 23.1 Å². The lowest BCUT2D eigenvalue weighted by Crippen LogP contribution is -2.40. The summed E-state index contributed by atoms with van der Waals surface area (Å²) in [5, 5.41) is 0.961. The molecule has 0 spiro atoms. The molecule has 3 aliphatic rings. The van der Waals surface area contributed by atoms with Crippen molar-refractivity contribution < 1.29 is 23.8 Å². The van der Waals surface area contributed by atoms with Crippen molar-refractivity contribution in [3.8, 4) is 11.5 Å². The van der Waals surface area contributed by atoms with Gasteiger partial charge in [0.1, 0.15) is 6.61 Å². The molecule has 6 nitrogen and oxygen atoms in total. The summed E-state index contributed by atoms with van der Waals surface area (Å²) in [5.74, 6) is 0.987. The lowest BCUT2D eigenvalue weighted by atomic mass is 9.71. The predicted octanol–water partition coefficient (Wildman–Crippen LogP) is 7.03. The van der Waals surface area contributed by atoms with Gasteiger partial charge in [-0.05, 0) is 68.0 Å². The maximum absolute atomic E-state index is 13.5. The van der Waals surface area contributed by atoms with Gasteiger partial charge in [-0.25, -0.2) is 0 Å². The van der Waals surface area contributed by atoms with E-state index < -0.39 is 5.92 Å². The van der Waals surface area contributed by atoms with Crippen LogP contribution in [-0.4, -0.2) is 43.3 Å². The Labute approximate surface area is 239 Å². The van der Waals surface area contributed by atoms with Crippen molar-refractivity contribution in [3.63, 3.8) is 0 Å². The molecule has 0 saturated heterocycles. The van der Waals surface area contributed by atoms with E-state index in [9.17, 15) is 9.59 Å². The maximum Gasteiger partial charge on any atom is 0.161 e. The van der Waals surface area contributed by atoms with Crippen LogP contribution in [0.25, 0.3) is 0 Å². The quantitative estimate of drug-likeness (QED) is 0.323. The summed E-state index contributed by atoms with van der Waals surface area (Å²) in [7, 11) is 1.68. The normalized spacial score (nSPS) is 17.9. The van der Waals surface area contributed by atoms with Crippen molar-refractivity contribution in [2.45, 2.75) is 58.0 Å². The number of rotatable bonds is 9. The molecule has 0 fully saturated rings. The first-order valence-electron chi connectivity index (χ1n) is 13.5. The number of halogens is 2. The number of carbonyl (C=O) groups is 2. The fourth-order valence-corrected chi connectivity index (χ4v) is 6.21. The molecular formula is C31H33Cl2NO5. The van der Waals surface area contributed by atoms with Gasteiger partial charge in [0.05, 0.1) is 23.3 Å². The first-order chi connectivity index (χ1) is 18.9. The van der Waals surface area contributed by atoms with Gasteiger partial charge in [0, 0.05) is 55.0 Å². The highest BCUT2D eigenvalue weighted by Crippen LogP contribution is 2.50. The highest BCUT2D eigenvalue weighted by molar-refractivity contribution is 6.42. The molecule has 2 aromatic rings. The van der Waals surface area contributed by atoms with Crippen LogP contribution < -0.4 is 9.47 Å². The minimum Gasteiger partial charge on any atom is -0.490 e. The summed E-state index contributed by atoms with van der Waals surface area (Å²) in [4.78, 5) is 29.2. The van der Waals surface area contributed by atoms with Crippen molar-refractivity contribution in [2.75, 3.05) is 26.9 Å². The van der Waals surface area contributed by atoms with Crippen LogP contribution in [0.1, 0.15) is 62.5 Å². The number of hydrogen-bond acceptors (Lipinski definition) is 6. The average Bonchev–Trinajstić information content (AvgIpc) is 2.93. The molecule has 1 heterocycles. The van der Waals surface area contributed by atoms with Crippen molar-refractivity contribution in [1.82, 2.24) is 4.90 Å². The number of Topliss-reactive ketones (excluding diaryl/α,β-unsaturated/α-hetero) is 2. The highest BCUT2D eigenvalue weighted by Gasteiger charge is 2.43. The fourth-order valence-electron chi connectivity index (χ4n) is 5.88. The summed E-state index contributed by atoms with van der Waals surface area (Å²) in [6.45, 7) is 3.81. The molecule has 39 heavy (non-hydrogen) atoms. The highest BCUT2D eigenvalue weighted by atomic mass is 35.5. The Morgan fingerprint density at radius 3 is 2.15 bits per heavy atom. The van der Waals surface area contributed by atoms with E-state index in [0.29, 0.717) is 54.1 Å². The van der Waals surface area contributed by atoms with Gasteiger partial charge < -0.3 is 19.1 Å². The van der Waals surface area contributed by atoms with E-state index in [1.807, 2.05) is 31.2 Å². The first-order valence-corrected chi connectivity index (χ1v) is 14.3. The van der Waals surface area contributed by atoms with Gasteiger partial charge in [0.25, 0.3) is 0 Å². The molecule has 0 radical (unpaired) electrons. The molecule has 5 rings (SSSR count). The van der Waals surface area contributed by atoms with Crippen LogP contribution >= 0.6 is 23.2 Å². The Morgan fingerprint density at radius 2 is 1.54 bits per heavy atom. The monoisotopic (exact) mass is 569 g/mol. The topological polar surface area (TPSA) is 65.1 Å². The number of methoxy groups -OCH3 is 1. The van der Waals surface area contributed by atoms with Crippen LogP contribution in [0, 0.1) is 0 Å². The Kier molecular flexibility index (Phi) is 8.65. The van der Waals surface area contributed by atoms with Crippen molar-refractivity contribution in [1.29, 1.82) is 0 Å². The zero-order valence-corrected chi connectivity index (χ0v) is 23.9. The molecular weight excluding hydrogens is 537 g/mol. The number of benzene rings is 2. The lowest BCUT2D eigenvalue weighted by molar-refractivity contribution is -0.117. The second-order valence-corrected chi connectivity index (χ2v) is 10.8. The Balaban J connectivity index is 1.55. The van der Waals surface area contributed by atoms with Gasteiger partial charge in [-0.3, -0.25) is 9.59 Å². The van der Waals surface area contributed by atoms with Crippen LogP contribution in [0.15, 0.2) is 58.9 Å². The summed E-state index contributed by atoms with van der Waals surface area (Å²) >= 11 is 12.2. The third kappa shape index (κ3) is 5.60. The lowest BCUT2D eigenvalue weighted by Gasteiger charge is -2.44. The van der Waals surface area contributed by atoms with Crippen LogP contribution in [0.3, 0.4) is 0 Å². The number of carbonyl (C=O) groups excluding carboxylic acids is 2. The van der Waals surface area contributed by atoms with Crippen LogP contribution in [-0.2, 0) is 20.9 Å². The largest absolute Gasteiger partial charge is 0.490 e. The standard InChI is InChI=1S/C31H33Cl2NO5/c1-3-38-28-17-20(11-13-27(28)39-18-19-10-12-21(32)22(33)16-19)29-30-23(6-4-8-25(30)35)34(14-15-37-2)24-7-5-9-26(36)31(24)29/h10-13,16-17,29H,3-9,14-15,18H2,1-2H3. The second kappa shape index (κ2) is 12.2. The van der Waals surface area contributed by atoms with E-state index in [0.717, 1.165) is 59.4 Å². The summed E-state index contributed by atoms with van der Waals surface area (Å²) in [6, 6.07) is 11.2. The third-order valence-corrected chi connectivity index (χ3v) is 8.32. The first kappa shape index (κ1) is 27.8. The minimum absolute atomic E-state index is 0.117. The zero-order chi connectivity index (χ0) is 27.5. The Morgan fingerprint density at radius 1 is 0.846 bits per heavy atom. The van der Waals surface area contributed by atoms with Gasteiger partial charge in [-0.2, -0.15) is 0 Å². The van der Waals surface area contributed by atoms with Crippen molar-refractivity contribution >= 4 is 34.8 Å². The molecule has 0 atom stereocenters. The SMILES string of the molecule is CCOc1cc(C2C3=C(CCCC3=O)N(CCOC)C3=C2C(=O)CCC3)ccc1OCc1ccc(Cl)c(Cl)c1. The molecule has 0 amide bonds. The molecule has 0 N–H and O–H groups in total. The molecule has 0 saturated carbocycles. The van der Waals surface area contributed by atoms with E-state index in [2.05, 4.69) is 4.90 Å². The van der Waals surface area contributed by atoms with E-state index in [-0.39, 0.29) is 18.2 Å². The fraction of sp³-hybridized carbons (Fsp3) is 0.419. The predicted molar refractivity (Wildman–Crippen MR) is 151 cm³/mol. The van der Waals surface area contributed by atoms with Gasteiger partial charge in [-0.1, -0.05) is 35.3 Å². The zero-order valence-electron chi connectivity index (χ0n) is 22.4. The molecule has 0 unspecified atom stereocenters. The summed E-state index contributed by atoms with van der Waals surface area (Å²) in [6.07, 6.45) is 4.25. The average molecular weight is 571 g/mol. The van der Waals surface area contributed by atoms with Crippen molar-refractivity contribution in [3.05, 3.63) is 80.1 Å². The van der Waals surface area contributed by atoms with Crippen molar-refractivity contribution in [2.24, 2.45) is 0 Å². The third-order valence-electron chi connectivity index (χ3n) is 7.58. The second-order valence-electron chi connectivity index (χ2n) is 10.0. The number of allylic oxidation sites excluding steroid dienone is 4. The van der Waals surface area contributed by atoms with Gasteiger partial charge in [0.2, 0.25) is 0 Å². The van der Waals surface area contributed by atoms with Gasteiger partial charge in [-0.15, -0.1) is 0 Å². The Hall–Kier alpha value is -2.80. The molecule has 0 aromatic heterocycles. The molecule has 206 valence electrons. The van der Waals surface area contributed by atoms with E-state index >= 15 is 0 Å². The van der Waals surface area contributed by atoms with E-state index in [1.54, 1.807) is 19.2 Å². The minimum atomic E-state index is -0.405. The van der Waals surface area contributed by atoms with Gasteiger partial charge >= 0.3 is 0 Å². The van der Waals surface area contributed by atoms with Crippen LogP contribution in [0.2, 0.25) is 10.0 Å². The van der Waals surface area contributed by atoms with E-state index in [1.165, 1.54) is 0 Å². The molecule has 8 heteroatoms. The summed E-state index contributed by atoms with van der Waals surface area (Å²) < 4.78 is 17.5. The number of hydrogen-bond donors (Lipinski definition) is 0. The number of ether oxygens (including phenoxy) is 3. The summed E-state index contributed by atoms with van der Waals surface area (Å²) in [5.41, 5.74) is 5.33. The van der Waals surface area contributed by atoms with Crippen LogP contribution in [0.4, 0.5) is 0 Å². The maximum atomic E-state index is 13.5. The molecule has 0 bridgehead atoms. The van der Waals surface area contributed by atoms with E-state index in [4.69, 9.17) is 37.4 Å². The molecule has 2 aromatic carbocycles. The number of nitrogens with zero attached hydrogens (tertiary/aromatic N) is 1. The van der Waals surface area contributed by atoms with Crippen LogP contribution in [0.5, 0.6) is 11.5 Å².